The molecule has 2 rings (SSSR count). The molecule has 0 saturated carbocycles. The van der Waals surface area contributed by atoms with Crippen molar-refractivity contribution < 1.29 is 14.6 Å². The average molecular weight is 314 g/mol. The van der Waals surface area contributed by atoms with Gasteiger partial charge in [0.15, 0.2) is 0 Å². The standard InChI is InChI=1S/C15H26N2O3S/c1-10(15-11(2)17-12(3)21-15)16-7-13(18)8-19-9-14-5-4-6-20-14/h10,13-14,16,18H,4-9H2,1-3H3. The molecule has 1 aromatic heterocycles. The molecule has 6 heteroatoms. The Morgan fingerprint density at radius 1 is 1.52 bits per heavy atom. The first kappa shape index (κ1) is 16.8. The highest BCUT2D eigenvalue weighted by Crippen LogP contribution is 2.24. The molecule has 0 bridgehead atoms. The van der Waals surface area contributed by atoms with Crippen LogP contribution in [0.3, 0.4) is 0 Å². The van der Waals surface area contributed by atoms with E-state index in [4.69, 9.17) is 9.47 Å². The lowest BCUT2D eigenvalue weighted by Gasteiger charge is -2.17. The summed E-state index contributed by atoms with van der Waals surface area (Å²) in [5, 5.41) is 14.4. The Balaban J connectivity index is 1.63. The summed E-state index contributed by atoms with van der Waals surface area (Å²) in [4.78, 5) is 5.67. The summed E-state index contributed by atoms with van der Waals surface area (Å²) in [7, 11) is 0. The van der Waals surface area contributed by atoms with Gasteiger partial charge in [0.2, 0.25) is 0 Å². The Hall–Kier alpha value is -0.530. The van der Waals surface area contributed by atoms with Crippen molar-refractivity contribution in [1.82, 2.24) is 10.3 Å². The topological polar surface area (TPSA) is 63.6 Å². The normalized spacial score (nSPS) is 21.6. The molecule has 0 amide bonds. The van der Waals surface area contributed by atoms with Gasteiger partial charge in [0, 0.05) is 24.1 Å². The van der Waals surface area contributed by atoms with Crippen LogP contribution >= 0.6 is 11.3 Å². The smallest absolute Gasteiger partial charge is 0.0900 e. The van der Waals surface area contributed by atoms with E-state index in [1.807, 2.05) is 13.8 Å². The Labute approximate surface area is 130 Å². The van der Waals surface area contributed by atoms with Crippen LogP contribution in [-0.2, 0) is 9.47 Å². The van der Waals surface area contributed by atoms with Crippen molar-refractivity contribution in [3.63, 3.8) is 0 Å². The quantitative estimate of drug-likeness (QED) is 0.768. The zero-order chi connectivity index (χ0) is 15.2. The lowest BCUT2D eigenvalue weighted by Crippen LogP contribution is -2.33. The van der Waals surface area contributed by atoms with Gasteiger partial charge in [0.25, 0.3) is 0 Å². The molecule has 1 saturated heterocycles. The second-order valence-corrected chi connectivity index (χ2v) is 6.87. The largest absolute Gasteiger partial charge is 0.389 e. The molecule has 2 N–H and O–H groups in total. The van der Waals surface area contributed by atoms with Crippen LogP contribution in [0.15, 0.2) is 0 Å². The fourth-order valence-electron chi connectivity index (χ4n) is 2.52. The summed E-state index contributed by atoms with van der Waals surface area (Å²) in [6.07, 6.45) is 1.90. The molecule has 0 aromatic carbocycles. The van der Waals surface area contributed by atoms with Crippen molar-refractivity contribution in [3.8, 4) is 0 Å². The monoisotopic (exact) mass is 314 g/mol. The van der Waals surface area contributed by atoms with Crippen LogP contribution in [-0.4, -0.2) is 48.7 Å². The van der Waals surface area contributed by atoms with Crippen LogP contribution in [0.5, 0.6) is 0 Å². The molecule has 2 heterocycles. The Morgan fingerprint density at radius 3 is 2.95 bits per heavy atom. The number of nitrogens with zero attached hydrogens (tertiary/aromatic N) is 1. The maximum atomic E-state index is 9.95. The number of hydrogen-bond donors (Lipinski definition) is 2. The van der Waals surface area contributed by atoms with E-state index in [-0.39, 0.29) is 12.1 Å². The molecule has 120 valence electrons. The van der Waals surface area contributed by atoms with E-state index in [1.54, 1.807) is 11.3 Å². The predicted molar refractivity (Wildman–Crippen MR) is 83.8 cm³/mol. The number of thiazole rings is 1. The number of aryl methyl sites for hydroxylation is 2. The number of aliphatic hydroxyl groups is 1. The van der Waals surface area contributed by atoms with E-state index in [9.17, 15) is 5.11 Å². The number of ether oxygens (including phenoxy) is 2. The zero-order valence-electron chi connectivity index (χ0n) is 13.1. The van der Waals surface area contributed by atoms with E-state index in [0.717, 1.165) is 30.2 Å². The van der Waals surface area contributed by atoms with E-state index in [0.29, 0.717) is 19.8 Å². The summed E-state index contributed by atoms with van der Waals surface area (Å²) in [5.41, 5.74) is 1.07. The summed E-state index contributed by atoms with van der Waals surface area (Å²) in [6, 6.07) is 0.198. The van der Waals surface area contributed by atoms with Gasteiger partial charge in [0.1, 0.15) is 0 Å². The first-order valence-electron chi connectivity index (χ1n) is 7.61. The molecule has 3 unspecified atom stereocenters. The molecule has 3 atom stereocenters. The lowest BCUT2D eigenvalue weighted by molar-refractivity contribution is -0.0168. The SMILES string of the molecule is Cc1nc(C)c(C(C)NCC(O)COCC2CCCO2)s1. The minimum Gasteiger partial charge on any atom is -0.389 e. The molecular formula is C15H26N2O3S. The van der Waals surface area contributed by atoms with Gasteiger partial charge < -0.3 is 19.9 Å². The van der Waals surface area contributed by atoms with Crippen molar-refractivity contribution >= 4 is 11.3 Å². The van der Waals surface area contributed by atoms with Gasteiger partial charge in [-0.1, -0.05) is 0 Å². The Bertz CT molecular complexity index is 433. The van der Waals surface area contributed by atoms with Crippen LogP contribution in [0.1, 0.15) is 41.4 Å². The van der Waals surface area contributed by atoms with Gasteiger partial charge in [-0.2, -0.15) is 0 Å². The van der Waals surface area contributed by atoms with Gasteiger partial charge >= 0.3 is 0 Å². The molecule has 0 radical (unpaired) electrons. The van der Waals surface area contributed by atoms with Crippen molar-refractivity contribution in [2.24, 2.45) is 0 Å². The highest BCUT2D eigenvalue weighted by atomic mass is 32.1. The summed E-state index contributed by atoms with van der Waals surface area (Å²) in [5.74, 6) is 0. The third-order valence-corrected chi connectivity index (χ3v) is 4.89. The van der Waals surface area contributed by atoms with Crippen LogP contribution in [0.2, 0.25) is 0 Å². The van der Waals surface area contributed by atoms with Crippen LogP contribution < -0.4 is 5.32 Å². The summed E-state index contributed by atoms with van der Waals surface area (Å²) >= 11 is 1.71. The van der Waals surface area contributed by atoms with Crippen molar-refractivity contribution in [2.45, 2.75) is 51.9 Å². The van der Waals surface area contributed by atoms with E-state index < -0.39 is 6.10 Å². The lowest BCUT2D eigenvalue weighted by atomic mass is 10.2. The van der Waals surface area contributed by atoms with E-state index in [1.165, 1.54) is 4.88 Å². The third-order valence-electron chi connectivity index (χ3n) is 3.63. The maximum Gasteiger partial charge on any atom is 0.0900 e. The Kier molecular flexibility index (Phi) is 6.57. The molecule has 1 aliphatic rings. The van der Waals surface area contributed by atoms with Crippen LogP contribution in [0.25, 0.3) is 0 Å². The second kappa shape index (κ2) is 8.19. The first-order valence-corrected chi connectivity index (χ1v) is 8.42. The summed E-state index contributed by atoms with van der Waals surface area (Å²) in [6.45, 7) is 8.42. The number of hydrogen-bond acceptors (Lipinski definition) is 6. The van der Waals surface area contributed by atoms with Gasteiger partial charge in [-0.3, -0.25) is 0 Å². The molecule has 5 nitrogen and oxygen atoms in total. The third kappa shape index (κ3) is 5.30. The minimum absolute atomic E-state index is 0.198. The second-order valence-electron chi connectivity index (χ2n) is 5.64. The minimum atomic E-state index is -0.497. The highest BCUT2D eigenvalue weighted by Gasteiger charge is 2.17. The van der Waals surface area contributed by atoms with Crippen molar-refractivity contribution in [1.29, 1.82) is 0 Å². The molecule has 1 fully saturated rings. The number of nitrogens with one attached hydrogen (secondary N) is 1. The van der Waals surface area contributed by atoms with Crippen molar-refractivity contribution in [3.05, 3.63) is 15.6 Å². The first-order chi connectivity index (χ1) is 10.1. The molecule has 1 aromatic rings. The number of aliphatic hydroxyl groups excluding tert-OH is 1. The van der Waals surface area contributed by atoms with Gasteiger partial charge in [-0.25, -0.2) is 4.98 Å². The van der Waals surface area contributed by atoms with Crippen LogP contribution in [0.4, 0.5) is 0 Å². The zero-order valence-corrected chi connectivity index (χ0v) is 13.9. The van der Waals surface area contributed by atoms with Gasteiger partial charge in [-0.15, -0.1) is 11.3 Å². The van der Waals surface area contributed by atoms with Crippen LogP contribution in [0, 0.1) is 13.8 Å². The fraction of sp³-hybridized carbons (Fsp3) is 0.800. The highest BCUT2D eigenvalue weighted by molar-refractivity contribution is 7.11. The number of aromatic nitrogens is 1. The molecule has 0 aliphatic carbocycles. The average Bonchev–Trinajstić information content (AvgIpc) is 3.06. The summed E-state index contributed by atoms with van der Waals surface area (Å²) < 4.78 is 11.0. The maximum absolute atomic E-state index is 9.95. The van der Waals surface area contributed by atoms with E-state index in [2.05, 4.69) is 17.2 Å². The fourth-order valence-corrected chi connectivity index (χ4v) is 3.48. The molecule has 1 aliphatic heterocycles. The Morgan fingerprint density at radius 2 is 2.33 bits per heavy atom. The van der Waals surface area contributed by atoms with Crippen molar-refractivity contribution in [2.75, 3.05) is 26.4 Å². The predicted octanol–water partition coefficient (Wildman–Crippen LogP) is 1.97. The van der Waals surface area contributed by atoms with E-state index >= 15 is 0 Å². The molecule has 21 heavy (non-hydrogen) atoms. The van der Waals surface area contributed by atoms with Gasteiger partial charge in [-0.05, 0) is 33.6 Å². The molecule has 0 spiro atoms. The molecular weight excluding hydrogens is 288 g/mol. The number of rotatable bonds is 8. The van der Waals surface area contributed by atoms with Gasteiger partial charge in [0.05, 0.1) is 36.1 Å².